The predicted molar refractivity (Wildman–Crippen MR) is 132 cm³/mol. The summed E-state index contributed by atoms with van der Waals surface area (Å²) < 4.78 is 5.04. The van der Waals surface area contributed by atoms with Gasteiger partial charge in [0.1, 0.15) is 0 Å². The number of halogens is 1. The van der Waals surface area contributed by atoms with E-state index in [0.29, 0.717) is 29.4 Å². The Morgan fingerprint density at radius 2 is 2.00 bits per heavy atom. The molecule has 2 aromatic rings. The molecule has 6 nitrogen and oxygen atoms in total. The molecule has 0 spiro atoms. The number of thioether (sulfide) groups is 1. The molecule has 1 aliphatic rings. The summed E-state index contributed by atoms with van der Waals surface area (Å²) in [5, 5.41) is 9.69. The fourth-order valence-corrected chi connectivity index (χ4v) is 4.30. The zero-order valence-corrected chi connectivity index (χ0v) is 20.1. The molecular weight excluding hydrogens is 446 g/mol. The van der Waals surface area contributed by atoms with Crippen LogP contribution in [0.5, 0.6) is 0 Å². The Labute approximate surface area is 198 Å². The molecule has 0 fully saturated rings. The Hall–Kier alpha value is -2.51. The minimum absolute atomic E-state index is 0.270. The lowest BCUT2D eigenvalue weighted by Crippen LogP contribution is -2.35. The Kier molecular flexibility index (Phi) is 8.21. The van der Waals surface area contributed by atoms with Crippen molar-refractivity contribution >= 4 is 46.8 Å². The lowest BCUT2D eigenvalue weighted by Gasteiger charge is -2.26. The number of nitrogens with one attached hydrogen (secondary N) is 1. The van der Waals surface area contributed by atoms with Crippen LogP contribution in [0.1, 0.15) is 42.6 Å². The number of urea groups is 1. The number of ether oxygens (including phenoxy) is 1. The zero-order chi connectivity index (χ0) is 23.1. The summed E-state index contributed by atoms with van der Waals surface area (Å²) in [4.78, 5) is 25.0. The monoisotopic (exact) mass is 473 g/mol. The van der Waals surface area contributed by atoms with Crippen LogP contribution in [-0.2, 0) is 4.74 Å². The molecule has 8 heteroatoms. The highest BCUT2D eigenvalue weighted by Crippen LogP contribution is 2.36. The highest BCUT2D eigenvalue weighted by Gasteiger charge is 2.40. The van der Waals surface area contributed by atoms with Crippen molar-refractivity contribution in [1.82, 2.24) is 5.01 Å². The van der Waals surface area contributed by atoms with Gasteiger partial charge in [-0.25, -0.2) is 14.6 Å². The summed E-state index contributed by atoms with van der Waals surface area (Å²) in [5.41, 5.74) is 2.47. The highest BCUT2D eigenvalue weighted by molar-refractivity contribution is 7.98. The van der Waals surface area contributed by atoms with Gasteiger partial charge in [-0.05, 0) is 67.7 Å². The number of hydrazone groups is 1. The van der Waals surface area contributed by atoms with Gasteiger partial charge in [-0.15, -0.1) is 0 Å². The normalized spacial score (nSPS) is 17.8. The molecule has 2 amide bonds. The second kappa shape index (κ2) is 10.9. The molecule has 1 heterocycles. The van der Waals surface area contributed by atoms with E-state index in [-0.39, 0.29) is 11.4 Å². The van der Waals surface area contributed by atoms with Crippen LogP contribution in [0.2, 0.25) is 5.02 Å². The van der Waals surface area contributed by atoms with E-state index >= 15 is 0 Å². The first-order chi connectivity index (χ1) is 15.4. The number of esters is 1. The van der Waals surface area contributed by atoms with E-state index in [1.165, 1.54) is 5.01 Å². The van der Waals surface area contributed by atoms with E-state index in [1.54, 1.807) is 31.2 Å². The van der Waals surface area contributed by atoms with E-state index < -0.39 is 5.97 Å². The number of amides is 2. The molecule has 0 bridgehead atoms. The molecule has 1 unspecified atom stereocenters. The van der Waals surface area contributed by atoms with Crippen LogP contribution in [-0.4, -0.2) is 47.9 Å². The number of nitrogens with zero attached hydrogens (tertiary/aromatic N) is 2. The largest absolute Gasteiger partial charge is 0.462 e. The fraction of sp³-hybridized carbons (Fsp3) is 0.375. The first-order valence-corrected chi connectivity index (χ1v) is 12.3. The first-order valence-electron chi connectivity index (χ1n) is 10.6. The van der Waals surface area contributed by atoms with Crippen molar-refractivity contribution in [2.24, 2.45) is 10.5 Å². The van der Waals surface area contributed by atoms with Crippen LogP contribution in [0, 0.1) is 5.41 Å². The van der Waals surface area contributed by atoms with E-state index in [1.807, 2.05) is 36.0 Å². The van der Waals surface area contributed by atoms with Gasteiger partial charge in [-0.1, -0.05) is 36.7 Å². The molecule has 0 radical (unpaired) electrons. The van der Waals surface area contributed by atoms with Crippen LogP contribution in [0.3, 0.4) is 0 Å². The first kappa shape index (κ1) is 24.1. The molecule has 32 heavy (non-hydrogen) atoms. The average molecular weight is 474 g/mol. The number of carbonyl (C=O) groups is 2. The minimum atomic E-state index is -0.422. The standard InChI is InChI=1S/C24H28ClN3O3S/c1-4-31-22(29)18-7-5-8-20(15-18)26-23(30)28-16-24(2,13-6-14-32-3)21(27-28)17-9-11-19(25)12-10-17/h5,7-12,15H,4,6,13-14,16H2,1-3H3,(H,26,30). The molecule has 2 aromatic carbocycles. The fourth-order valence-electron chi connectivity index (χ4n) is 3.74. The maximum absolute atomic E-state index is 13.0. The lowest BCUT2D eigenvalue weighted by atomic mass is 9.78. The Morgan fingerprint density at radius 3 is 2.69 bits per heavy atom. The molecular formula is C24H28ClN3O3S. The molecule has 0 saturated heterocycles. The van der Waals surface area contributed by atoms with E-state index in [4.69, 9.17) is 21.4 Å². The Morgan fingerprint density at radius 1 is 1.25 bits per heavy atom. The third-order valence-corrected chi connectivity index (χ3v) is 6.29. The van der Waals surface area contributed by atoms with Gasteiger partial charge < -0.3 is 10.1 Å². The van der Waals surface area contributed by atoms with Crippen LogP contribution >= 0.6 is 23.4 Å². The third kappa shape index (κ3) is 5.84. The zero-order valence-electron chi connectivity index (χ0n) is 18.6. The molecule has 170 valence electrons. The third-order valence-electron chi connectivity index (χ3n) is 5.35. The van der Waals surface area contributed by atoms with E-state index in [0.717, 1.165) is 29.9 Å². The van der Waals surface area contributed by atoms with Crippen LogP contribution in [0.4, 0.5) is 10.5 Å². The lowest BCUT2D eigenvalue weighted by molar-refractivity contribution is 0.0526. The Bertz CT molecular complexity index is 996. The van der Waals surface area contributed by atoms with Crippen molar-refractivity contribution in [3.05, 3.63) is 64.7 Å². The van der Waals surface area contributed by atoms with Crippen LogP contribution < -0.4 is 5.32 Å². The summed E-state index contributed by atoms with van der Waals surface area (Å²) >= 11 is 7.88. The number of hydrogen-bond acceptors (Lipinski definition) is 5. The quantitative estimate of drug-likeness (QED) is 0.381. The molecule has 0 aromatic heterocycles. The SMILES string of the molecule is CCOC(=O)c1cccc(NC(=O)N2CC(C)(CCCSC)C(c3ccc(Cl)cc3)=N2)c1. The van der Waals surface area contributed by atoms with Crippen molar-refractivity contribution in [1.29, 1.82) is 0 Å². The van der Waals surface area contributed by atoms with Gasteiger partial charge in [0.25, 0.3) is 0 Å². The van der Waals surface area contributed by atoms with Gasteiger partial charge in [0.15, 0.2) is 0 Å². The van der Waals surface area contributed by atoms with Crippen LogP contribution in [0.25, 0.3) is 0 Å². The van der Waals surface area contributed by atoms with E-state index in [2.05, 4.69) is 18.5 Å². The van der Waals surface area contributed by atoms with Crippen LogP contribution in [0.15, 0.2) is 53.6 Å². The molecule has 3 rings (SSSR count). The maximum atomic E-state index is 13.0. The molecule has 0 aliphatic carbocycles. The summed E-state index contributed by atoms with van der Waals surface area (Å²) in [6, 6.07) is 13.9. The summed E-state index contributed by atoms with van der Waals surface area (Å²) in [6.07, 6.45) is 4.04. The maximum Gasteiger partial charge on any atom is 0.342 e. The second-order valence-corrected chi connectivity index (χ2v) is 9.32. The smallest absolute Gasteiger partial charge is 0.342 e. The minimum Gasteiger partial charge on any atom is -0.462 e. The number of benzene rings is 2. The molecule has 0 saturated carbocycles. The average Bonchev–Trinajstić information content (AvgIpc) is 3.12. The predicted octanol–water partition coefficient (Wildman–Crippen LogP) is 5.92. The summed E-state index contributed by atoms with van der Waals surface area (Å²) in [5.74, 6) is 0.630. The second-order valence-electron chi connectivity index (χ2n) is 7.90. The van der Waals surface area contributed by atoms with Crippen molar-refractivity contribution in [2.45, 2.75) is 26.7 Å². The van der Waals surface area contributed by atoms with Gasteiger partial charge in [-0.3, -0.25) is 0 Å². The van der Waals surface area contributed by atoms with Crippen molar-refractivity contribution < 1.29 is 14.3 Å². The molecule has 1 atom stereocenters. The molecule has 1 N–H and O–H groups in total. The number of carbonyl (C=O) groups excluding carboxylic acids is 2. The van der Waals surface area contributed by atoms with Gasteiger partial charge in [0.2, 0.25) is 0 Å². The van der Waals surface area contributed by atoms with Gasteiger partial charge in [-0.2, -0.15) is 16.9 Å². The summed E-state index contributed by atoms with van der Waals surface area (Å²) in [7, 11) is 0. The number of hydrogen-bond donors (Lipinski definition) is 1. The highest BCUT2D eigenvalue weighted by atomic mass is 35.5. The van der Waals surface area contributed by atoms with Crippen molar-refractivity contribution in [3.63, 3.8) is 0 Å². The Balaban J connectivity index is 1.81. The van der Waals surface area contributed by atoms with Gasteiger partial charge >= 0.3 is 12.0 Å². The van der Waals surface area contributed by atoms with Gasteiger partial charge in [0, 0.05) is 16.1 Å². The summed E-state index contributed by atoms with van der Waals surface area (Å²) in [6.45, 7) is 4.67. The van der Waals surface area contributed by atoms with E-state index in [9.17, 15) is 9.59 Å². The number of anilines is 1. The number of rotatable bonds is 8. The van der Waals surface area contributed by atoms with Crippen molar-refractivity contribution in [2.75, 3.05) is 30.5 Å². The molecule has 1 aliphatic heterocycles. The van der Waals surface area contributed by atoms with Gasteiger partial charge in [0.05, 0.1) is 24.4 Å². The topological polar surface area (TPSA) is 71.0 Å². The van der Waals surface area contributed by atoms with Crippen molar-refractivity contribution in [3.8, 4) is 0 Å².